The van der Waals surface area contributed by atoms with Crippen LogP contribution < -0.4 is 5.32 Å². The molecule has 1 aliphatic rings. The van der Waals surface area contributed by atoms with Crippen molar-refractivity contribution in [3.63, 3.8) is 0 Å². The normalized spacial score (nSPS) is 17.1. The zero-order chi connectivity index (χ0) is 22.6. The Morgan fingerprint density at radius 2 is 1.94 bits per heavy atom. The van der Waals surface area contributed by atoms with Gasteiger partial charge in [0.25, 0.3) is 11.6 Å². The van der Waals surface area contributed by atoms with Crippen molar-refractivity contribution >= 4 is 50.8 Å². The van der Waals surface area contributed by atoms with E-state index in [-0.39, 0.29) is 22.8 Å². The zero-order valence-corrected chi connectivity index (χ0v) is 18.3. The Bertz CT molecular complexity index is 1120. The summed E-state index contributed by atoms with van der Waals surface area (Å²) in [6.07, 6.45) is 0.307. The van der Waals surface area contributed by atoms with E-state index in [2.05, 4.69) is 5.32 Å². The molecule has 1 N–H and O–H groups in total. The average Bonchev–Trinajstić information content (AvgIpc) is 3.06. The van der Waals surface area contributed by atoms with Crippen LogP contribution in [-0.2, 0) is 19.4 Å². The van der Waals surface area contributed by atoms with Crippen LogP contribution in [0.2, 0.25) is 5.02 Å². The first-order chi connectivity index (χ1) is 14.6. The Hall–Kier alpha value is -2.63. The summed E-state index contributed by atoms with van der Waals surface area (Å²) in [7, 11) is -3.15. The predicted octanol–water partition coefficient (Wildman–Crippen LogP) is 2.86. The fraction of sp³-hybridized carbons (Fsp3) is 0.263. The summed E-state index contributed by atoms with van der Waals surface area (Å²) in [6.45, 7) is -0.621. The van der Waals surface area contributed by atoms with Crippen LogP contribution in [0.4, 0.5) is 5.69 Å². The third-order valence-corrected chi connectivity index (χ3v) is 7.46. The Morgan fingerprint density at radius 1 is 1.23 bits per heavy atom. The summed E-state index contributed by atoms with van der Waals surface area (Å²) in [5.41, 5.74) is -0.363. The van der Waals surface area contributed by atoms with Crippen molar-refractivity contribution in [2.45, 2.75) is 22.3 Å². The van der Waals surface area contributed by atoms with E-state index >= 15 is 0 Å². The zero-order valence-electron chi connectivity index (χ0n) is 15.9. The molecule has 0 radical (unpaired) electrons. The number of ether oxygens (including phenoxy) is 1. The van der Waals surface area contributed by atoms with Crippen molar-refractivity contribution in [3.05, 3.63) is 63.2 Å². The molecule has 0 spiro atoms. The summed E-state index contributed by atoms with van der Waals surface area (Å²) in [6, 6.07) is 10.1. The first-order valence-electron chi connectivity index (χ1n) is 9.02. The molecule has 12 heteroatoms. The summed E-state index contributed by atoms with van der Waals surface area (Å²) in [5.74, 6) is -1.69. The van der Waals surface area contributed by atoms with E-state index in [1.54, 1.807) is 24.3 Å². The second-order valence-corrected chi connectivity index (χ2v) is 10.5. The van der Waals surface area contributed by atoms with Crippen LogP contribution in [0.3, 0.4) is 0 Å². The third-order valence-electron chi connectivity index (χ3n) is 4.36. The topological polar surface area (TPSA) is 133 Å². The Labute approximate surface area is 187 Å². The van der Waals surface area contributed by atoms with Crippen LogP contribution in [0, 0.1) is 10.1 Å². The van der Waals surface area contributed by atoms with Crippen molar-refractivity contribution in [1.82, 2.24) is 5.32 Å². The molecule has 164 valence electrons. The highest BCUT2D eigenvalue weighted by atomic mass is 35.5. The van der Waals surface area contributed by atoms with Crippen LogP contribution in [0.5, 0.6) is 0 Å². The maximum atomic E-state index is 12.2. The van der Waals surface area contributed by atoms with Crippen LogP contribution >= 0.6 is 23.4 Å². The number of rotatable bonds is 7. The number of nitrogens with one attached hydrogen (secondary N) is 1. The maximum Gasteiger partial charge on any atom is 0.338 e. The summed E-state index contributed by atoms with van der Waals surface area (Å²) in [5, 5.41) is 14.5. The van der Waals surface area contributed by atoms with Gasteiger partial charge in [0.1, 0.15) is 0 Å². The van der Waals surface area contributed by atoms with E-state index in [9.17, 15) is 28.1 Å². The van der Waals surface area contributed by atoms with Crippen LogP contribution in [0.25, 0.3) is 0 Å². The van der Waals surface area contributed by atoms with E-state index in [4.69, 9.17) is 16.3 Å². The van der Waals surface area contributed by atoms with Crippen LogP contribution in [0.1, 0.15) is 16.8 Å². The number of halogens is 1. The molecule has 1 unspecified atom stereocenters. The lowest BCUT2D eigenvalue weighted by atomic mass is 10.2. The van der Waals surface area contributed by atoms with Gasteiger partial charge in [0.15, 0.2) is 16.4 Å². The molecule has 2 aromatic rings. The molecule has 0 bridgehead atoms. The van der Waals surface area contributed by atoms with E-state index in [1.165, 1.54) is 12.1 Å². The molecule has 3 rings (SSSR count). The lowest BCUT2D eigenvalue weighted by Gasteiger charge is -2.11. The Balaban J connectivity index is 1.63. The average molecular weight is 485 g/mol. The largest absolute Gasteiger partial charge is 0.452 e. The van der Waals surface area contributed by atoms with Crippen molar-refractivity contribution in [2.24, 2.45) is 0 Å². The number of amides is 1. The van der Waals surface area contributed by atoms with Gasteiger partial charge < -0.3 is 10.1 Å². The van der Waals surface area contributed by atoms with Gasteiger partial charge in [0.05, 0.1) is 26.9 Å². The van der Waals surface area contributed by atoms with Gasteiger partial charge in [0.2, 0.25) is 0 Å². The highest BCUT2D eigenvalue weighted by molar-refractivity contribution is 7.99. The smallest absolute Gasteiger partial charge is 0.338 e. The van der Waals surface area contributed by atoms with E-state index in [1.807, 2.05) is 0 Å². The number of sulfone groups is 1. The van der Waals surface area contributed by atoms with Gasteiger partial charge in [-0.3, -0.25) is 14.9 Å². The number of nitro benzene ring substituents is 1. The van der Waals surface area contributed by atoms with Crippen molar-refractivity contribution < 1.29 is 27.7 Å². The molecule has 31 heavy (non-hydrogen) atoms. The molecule has 0 aromatic heterocycles. The first kappa shape index (κ1) is 23.0. The van der Waals surface area contributed by atoms with Crippen molar-refractivity contribution in [3.8, 4) is 0 Å². The number of esters is 1. The van der Waals surface area contributed by atoms with Crippen LogP contribution in [0.15, 0.2) is 52.3 Å². The van der Waals surface area contributed by atoms with Gasteiger partial charge >= 0.3 is 5.97 Å². The van der Waals surface area contributed by atoms with Crippen molar-refractivity contribution in [2.75, 3.05) is 18.1 Å². The third kappa shape index (κ3) is 6.42. The number of hydrogen-bond acceptors (Lipinski definition) is 8. The van der Waals surface area contributed by atoms with Gasteiger partial charge in [0, 0.05) is 22.0 Å². The summed E-state index contributed by atoms with van der Waals surface area (Å²) in [4.78, 5) is 36.0. The van der Waals surface area contributed by atoms with E-state index in [0.717, 1.165) is 22.7 Å². The van der Waals surface area contributed by atoms with E-state index in [0.29, 0.717) is 16.3 Å². The second-order valence-electron chi connectivity index (χ2n) is 6.74. The highest BCUT2D eigenvalue weighted by Gasteiger charge is 2.29. The molecule has 1 amide bonds. The molecule has 2 aromatic carbocycles. The molecule has 1 atom stereocenters. The quantitative estimate of drug-likeness (QED) is 0.360. The minimum Gasteiger partial charge on any atom is -0.452 e. The monoisotopic (exact) mass is 484 g/mol. The maximum absolute atomic E-state index is 12.2. The SMILES string of the molecule is O=C(COC(=O)c1ccc(Sc2ccc(Cl)cc2)c([N+](=O)[O-])c1)NC1CCS(=O)(=O)C1. The van der Waals surface area contributed by atoms with Crippen molar-refractivity contribution in [1.29, 1.82) is 0 Å². The number of carbonyl (C=O) groups is 2. The van der Waals surface area contributed by atoms with Crippen LogP contribution in [-0.4, -0.2) is 49.4 Å². The second kappa shape index (κ2) is 9.67. The van der Waals surface area contributed by atoms with Gasteiger partial charge in [-0.25, -0.2) is 13.2 Å². The lowest BCUT2D eigenvalue weighted by Crippen LogP contribution is -2.38. The minimum atomic E-state index is -3.15. The Morgan fingerprint density at radius 3 is 2.55 bits per heavy atom. The molecule has 1 heterocycles. The number of carbonyl (C=O) groups excluding carboxylic acids is 2. The molecule has 0 saturated carbocycles. The molecule has 1 saturated heterocycles. The van der Waals surface area contributed by atoms with Gasteiger partial charge in [-0.05, 0) is 42.8 Å². The fourth-order valence-corrected chi connectivity index (χ4v) is 5.60. The number of benzene rings is 2. The number of nitro groups is 1. The van der Waals surface area contributed by atoms with Gasteiger partial charge in [-0.1, -0.05) is 23.4 Å². The number of hydrogen-bond donors (Lipinski definition) is 1. The number of nitrogens with zero attached hydrogens (tertiary/aromatic N) is 1. The minimum absolute atomic E-state index is 0.00177. The lowest BCUT2D eigenvalue weighted by molar-refractivity contribution is -0.387. The molecule has 1 fully saturated rings. The molecular formula is C19H17ClN2O7S2. The molecule has 1 aliphatic heterocycles. The fourth-order valence-electron chi connectivity index (χ4n) is 2.90. The molecule has 0 aliphatic carbocycles. The Kier molecular flexibility index (Phi) is 7.19. The van der Waals surface area contributed by atoms with Gasteiger partial charge in [-0.2, -0.15) is 0 Å². The standard InChI is InChI=1S/C19H17ClN2O7S2/c20-13-2-4-15(5-3-13)30-17-6-1-12(9-16(17)22(25)26)19(24)29-10-18(23)21-14-7-8-31(27,28)11-14/h1-6,9,14H,7-8,10-11H2,(H,21,23). The first-order valence-corrected chi connectivity index (χ1v) is 12.0. The summed E-state index contributed by atoms with van der Waals surface area (Å²) < 4.78 is 27.8. The summed E-state index contributed by atoms with van der Waals surface area (Å²) >= 11 is 6.98. The van der Waals surface area contributed by atoms with Gasteiger partial charge in [-0.15, -0.1) is 0 Å². The molecule has 9 nitrogen and oxygen atoms in total. The predicted molar refractivity (Wildman–Crippen MR) is 114 cm³/mol. The van der Waals surface area contributed by atoms with E-state index < -0.39 is 39.3 Å². The molecular weight excluding hydrogens is 468 g/mol. The highest BCUT2D eigenvalue weighted by Crippen LogP contribution is 2.35.